The van der Waals surface area contributed by atoms with Crippen LogP contribution < -0.4 is 0 Å². The minimum Gasteiger partial charge on any atom is -0.481 e. The molecule has 0 amide bonds. The normalized spacial score (nSPS) is 10.9. The van der Waals surface area contributed by atoms with Gasteiger partial charge in [0.25, 0.3) is 0 Å². The summed E-state index contributed by atoms with van der Waals surface area (Å²) in [6.07, 6.45) is 1.71. The van der Waals surface area contributed by atoms with E-state index in [2.05, 4.69) is 6.07 Å². The minimum atomic E-state index is -0.944. The molecule has 0 saturated carbocycles. The van der Waals surface area contributed by atoms with Crippen molar-refractivity contribution in [3.63, 3.8) is 0 Å². The number of hydrogen-bond acceptors (Lipinski definition) is 2. The molecule has 100 valence electrons. The maximum atomic E-state index is 12.1. The van der Waals surface area contributed by atoms with Crippen molar-refractivity contribution in [2.75, 3.05) is 0 Å². The maximum Gasteiger partial charge on any atom is 0.303 e. The van der Waals surface area contributed by atoms with Gasteiger partial charge in [-0.15, -0.1) is 0 Å². The number of carbonyl (C=O) groups excluding carboxylic acids is 1. The van der Waals surface area contributed by atoms with Gasteiger partial charge in [0.1, 0.15) is 0 Å². The van der Waals surface area contributed by atoms with Crippen molar-refractivity contribution in [3.8, 4) is 0 Å². The number of carbonyl (C=O) groups is 2. The van der Waals surface area contributed by atoms with Crippen LogP contribution in [0.1, 0.15) is 34.3 Å². The number of carboxylic acids is 1. The van der Waals surface area contributed by atoms with Gasteiger partial charge in [-0.2, -0.15) is 0 Å². The number of aryl methyl sites for hydroxylation is 3. The average Bonchev–Trinajstić information content (AvgIpc) is 2.63. The van der Waals surface area contributed by atoms with Crippen LogP contribution >= 0.6 is 0 Å². The number of nitrogens with zero attached hydrogens (tertiary/aromatic N) is 1. The summed E-state index contributed by atoms with van der Waals surface area (Å²) in [6.45, 7) is 4.01. The third-order valence-electron chi connectivity index (χ3n) is 3.28. The van der Waals surface area contributed by atoms with Crippen molar-refractivity contribution < 1.29 is 14.7 Å². The van der Waals surface area contributed by atoms with Gasteiger partial charge in [0, 0.05) is 30.6 Å². The average molecular weight is 259 g/mol. The fraction of sp³-hybridized carbons (Fsp3) is 0.333. The summed E-state index contributed by atoms with van der Waals surface area (Å²) in [7, 11) is 1.90. The van der Waals surface area contributed by atoms with Crippen molar-refractivity contribution in [3.05, 3.63) is 35.0 Å². The van der Waals surface area contributed by atoms with E-state index in [0.29, 0.717) is 5.56 Å². The summed E-state index contributed by atoms with van der Waals surface area (Å²) in [6, 6.07) is 4.06. The zero-order valence-corrected chi connectivity index (χ0v) is 11.4. The lowest BCUT2D eigenvalue weighted by molar-refractivity contribution is -0.136. The Kier molecular flexibility index (Phi) is 3.42. The van der Waals surface area contributed by atoms with E-state index in [0.717, 1.165) is 22.0 Å². The Labute approximate surface area is 111 Å². The Morgan fingerprint density at radius 1 is 1.21 bits per heavy atom. The van der Waals surface area contributed by atoms with E-state index in [4.69, 9.17) is 5.11 Å². The summed E-state index contributed by atoms with van der Waals surface area (Å²) in [5, 5.41) is 9.57. The molecule has 19 heavy (non-hydrogen) atoms. The molecule has 0 spiro atoms. The lowest BCUT2D eigenvalue weighted by Crippen LogP contribution is -2.03. The molecule has 0 aliphatic heterocycles. The van der Waals surface area contributed by atoms with Gasteiger partial charge in [-0.1, -0.05) is 11.6 Å². The Balaban J connectivity index is 2.49. The minimum absolute atomic E-state index is 0.0431. The first kappa shape index (κ1) is 13.3. The molecule has 4 nitrogen and oxygen atoms in total. The first-order valence-corrected chi connectivity index (χ1v) is 6.21. The second-order valence-corrected chi connectivity index (χ2v) is 4.95. The summed E-state index contributed by atoms with van der Waals surface area (Å²) in [5.41, 5.74) is 3.87. The summed E-state index contributed by atoms with van der Waals surface area (Å²) in [4.78, 5) is 22.7. The van der Waals surface area contributed by atoms with Gasteiger partial charge >= 0.3 is 5.97 Å². The summed E-state index contributed by atoms with van der Waals surface area (Å²) in [5.74, 6) is -1.06. The van der Waals surface area contributed by atoms with E-state index in [1.807, 2.05) is 31.5 Å². The monoisotopic (exact) mass is 259 g/mol. The van der Waals surface area contributed by atoms with Crippen molar-refractivity contribution >= 4 is 22.7 Å². The standard InChI is InChI=1S/C15H17NO3/c1-9-6-10(2)15-11(7-9)12(8-16(15)3)13(17)4-5-14(18)19/h6-8H,4-5H2,1-3H3,(H,18,19). The van der Waals surface area contributed by atoms with Crippen LogP contribution in [0.5, 0.6) is 0 Å². The first-order valence-electron chi connectivity index (χ1n) is 6.21. The zero-order valence-electron chi connectivity index (χ0n) is 11.4. The van der Waals surface area contributed by atoms with Gasteiger partial charge in [0.05, 0.1) is 11.9 Å². The van der Waals surface area contributed by atoms with Crippen molar-refractivity contribution in [1.29, 1.82) is 0 Å². The maximum absolute atomic E-state index is 12.1. The molecule has 0 aliphatic carbocycles. The van der Waals surface area contributed by atoms with Crippen LogP contribution in [0.25, 0.3) is 10.9 Å². The molecular formula is C15H17NO3. The molecule has 0 radical (unpaired) electrons. The SMILES string of the molecule is Cc1cc(C)c2c(c1)c(C(=O)CCC(=O)O)cn2C. The number of Topliss-reactive ketones (excluding diaryl/α,β-unsaturated/α-hetero) is 1. The van der Waals surface area contributed by atoms with E-state index >= 15 is 0 Å². The molecule has 0 fully saturated rings. The van der Waals surface area contributed by atoms with Gasteiger partial charge in [0.2, 0.25) is 0 Å². The highest BCUT2D eigenvalue weighted by molar-refractivity contribution is 6.09. The fourth-order valence-electron chi connectivity index (χ4n) is 2.54. The Bertz CT molecular complexity index is 668. The predicted molar refractivity (Wildman–Crippen MR) is 73.6 cm³/mol. The third-order valence-corrected chi connectivity index (χ3v) is 3.28. The highest BCUT2D eigenvalue weighted by Gasteiger charge is 2.16. The second-order valence-electron chi connectivity index (χ2n) is 4.95. The lowest BCUT2D eigenvalue weighted by atomic mass is 10.0. The predicted octanol–water partition coefficient (Wildman–Crippen LogP) is 2.84. The number of carboxylic acid groups (broad SMARTS) is 1. The fourth-order valence-corrected chi connectivity index (χ4v) is 2.54. The molecule has 0 atom stereocenters. The molecule has 2 aromatic rings. The highest BCUT2D eigenvalue weighted by atomic mass is 16.4. The molecule has 1 heterocycles. The van der Waals surface area contributed by atoms with Crippen LogP contribution in [0.3, 0.4) is 0 Å². The molecule has 0 aliphatic rings. The Hall–Kier alpha value is -2.10. The van der Waals surface area contributed by atoms with Gasteiger partial charge in [0.15, 0.2) is 5.78 Å². The van der Waals surface area contributed by atoms with Crippen LogP contribution in [0.15, 0.2) is 18.3 Å². The number of ketones is 1. The van der Waals surface area contributed by atoms with Crippen molar-refractivity contribution in [1.82, 2.24) is 4.57 Å². The van der Waals surface area contributed by atoms with E-state index in [9.17, 15) is 9.59 Å². The zero-order chi connectivity index (χ0) is 14.2. The van der Waals surface area contributed by atoms with Crippen LogP contribution in [0, 0.1) is 13.8 Å². The van der Waals surface area contributed by atoms with E-state index in [1.54, 1.807) is 6.20 Å². The quantitative estimate of drug-likeness (QED) is 0.859. The number of hydrogen-bond donors (Lipinski definition) is 1. The molecule has 1 aromatic heterocycles. The van der Waals surface area contributed by atoms with E-state index < -0.39 is 5.97 Å². The topological polar surface area (TPSA) is 59.3 Å². The number of aliphatic carboxylic acids is 1. The van der Waals surface area contributed by atoms with Crippen LogP contribution in [-0.4, -0.2) is 21.4 Å². The molecule has 2 rings (SSSR count). The van der Waals surface area contributed by atoms with Gasteiger partial charge in [-0.25, -0.2) is 0 Å². The van der Waals surface area contributed by atoms with E-state index in [-0.39, 0.29) is 18.6 Å². The lowest BCUT2D eigenvalue weighted by Gasteiger charge is -2.03. The number of aromatic nitrogens is 1. The van der Waals surface area contributed by atoms with Crippen molar-refractivity contribution in [2.45, 2.75) is 26.7 Å². The van der Waals surface area contributed by atoms with Gasteiger partial charge < -0.3 is 9.67 Å². The van der Waals surface area contributed by atoms with Gasteiger partial charge in [-0.05, 0) is 25.5 Å². The molecule has 0 saturated heterocycles. The second kappa shape index (κ2) is 4.88. The smallest absolute Gasteiger partial charge is 0.303 e. The van der Waals surface area contributed by atoms with E-state index in [1.165, 1.54) is 0 Å². The summed E-state index contributed by atoms with van der Waals surface area (Å²) < 4.78 is 1.93. The summed E-state index contributed by atoms with van der Waals surface area (Å²) >= 11 is 0. The van der Waals surface area contributed by atoms with Crippen LogP contribution in [0.4, 0.5) is 0 Å². The van der Waals surface area contributed by atoms with Crippen LogP contribution in [0.2, 0.25) is 0 Å². The Morgan fingerprint density at radius 2 is 1.89 bits per heavy atom. The largest absolute Gasteiger partial charge is 0.481 e. The molecular weight excluding hydrogens is 242 g/mol. The van der Waals surface area contributed by atoms with Crippen molar-refractivity contribution in [2.24, 2.45) is 7.05 Å². The molecule has 0 bridgehead atoms. The molecule has 0 unspecified atom stereocenters. The molecule has 1 N–H and O–H groups in total. The first-order chi connectivity index (χ1) is 8.90. The molecule has 4 heteroatoms. The highest BCUT2D eigenvalue weighted by Crippen LogP contribution is 2.26. The number of benzene rings is 1. The van der Waals surface area contributed by atoms with Crippen LogP contribution in [-0.2, 0) is 11.8 Å². The number of fused-ring (bicyclic) bond motifs is 1. The van der Waals surface area contributed by atoms with Gasteiger partial charge in [-0.3, -0.25) is 9.59 Å². The number of rotatable bonds is 4. The third kappa shape index (κ3) is 2.52. The Morgan fingerprint density at radius 3 is 2.53 bits per heavy atom. The molecule has 1 aromatic carbocycles.